The standard InChI is InChI=1S/C24H19ClN4O2S/c1-14-15(2)32-23-21(14)22-26-20(12-16-6-4-3-5-7-16)27-29(22)24(31)28(23)13-19(30)17-8-10-18(25)11-9-17/h3-11H,12-13H2,1-2H3. The van der Waals surface area contributed by atoms with E-state index < -0.39 is 0 Å². The highest BCUT2D eigenvalue weighted by Crippen LogP contribution is 2.32. The number of hydrogen-bond donors (Lipinski definition) is 0. The van der Waals surface area contributed by atoms with Gasteiger partial charge in [0.05, 0.1) is 11.9 Å². The maximum atomic E-state index is 13.4. The van der Waals surface area contributed by atoms with Gasteiger partial charge in [-0.25, -0.2) is 9.78 Å². The van der Waals surface area contributed by atoms with Crippen molar-refractivity contribution in [1.82, 2.24) is 19.2 Å². The smallest absolute Gasteiger partial charge is 0.292 e. The number of carbonyl (C=O) groups is 1. The van der Waals surface area contributed by atoms with E-state index in [2.05, 4.69) is 5.10 Å². The zero-order chi connectivity index (χ0) is 22.4. The maximum absolute atomic E-state index is 13.4. The fraction of sp³-hybridized carbons (Fsp3) is 0.167. The van der Waals surface area contributed by atoms with Crippen molar-refractivity contribution in [2.24, 2.45) is 0 Å². The molecule has 6 nitrogen and oxygen atoms in total. The van der Waals surface area contributed by atoms with Crippen LogP contribution in [0.1, 0.15) is 32.2 Å². The van der Waals surface area contributed by atoms with E-state index in [1.54, 1.807) is 24.3 Å². The van der Waals surface area contributed by atoms with Gasteiger partial charge in [0.1, 0.15) is 4.83 Å². The number of thiophene rings is 1. The Labute approximate surface area is 192 Å². The highest BCUT2D eigenvalue weighted by atomic mass is 35.5. The molecule has 0 N–H and O–H groups in total. The van der Waals surface area contributed by atoms with Crippen LogP contribution in [0.2, 0.25) is 5.02 Å². The molecule has 0 radical (unpaired) electrons. The van der Waals surface area contributed by atoms with E-state index in [-0.39, 0.29) is 18.0 Å². The third-order valence-corrected chi connectivity index (χ3v) is 7.05. The zero-order valence-electron chi connectivity index (χ0n) is 17.5. The summed E-state index contributed by atoms with van der Waals surface area (Å²) in [5.41, 5.74) is 2.77. The Balaban J connectivity index is 1.66. The maximum Gasteiger partial charge on any atom is 0.352 e. The average Bonchev–Trinajstić information content (AvgIpc) is 3.33. The Morgan fingerprint density at radius 2 is 1.78 bits per heavy atom. The van der Waals surface area contributed by atoms with E-state index in [9.17, 15) is 9.59 Å². The number of Topliss-reactive ketones (excluding diaryl/α,β-unsaturated/α-hetero) is 1. The van der Waals surface area contributed by atoms with Crippen molar-refractivity contribution in [2.75, 3.05) is 0 Å². The van der Waals surface area contributed by atoms with Crippen LogP contribution in [0.3, 0.4) is 0 Å². The number of rotatable bonds is 5. The first kappa shape index (κ1) is 20.6. The predicted octanol–water partition coefficient (Wildman–Crippen LogP) is 4.85. The molecule has 3 heterocycles. The van der Waals surface area contributed by atoms with Crippen molar-refractivity contribution in [2.45, 2.75) is 26.8 Å². The fourth-order valence-electron chi connectivity index (χ4n) is 3.78. The number of halogens is 1. The third-order valence-electron chi connectivity index (χ3n) is 5.57. The number of nitrogens with zero attached hydrogens (tertiary/aromatic N) is 4. The second-order valence-electron chi connectivity index (χ2n) is 7.69. The summed E-state index contributed by atoms with van der Waals surface area (Å²) in [6.07, 6.45) is 0.523. The number of ketones is 1. The molecule has 5 aromatic rings. The number of aryl methyl sites for hydroxylation is 2. The topological polar surface area (TPSA) is 69.3 Å². The van der Waals surface area contributed by atoms with Gasteiger partial charge in [-0.2, -0.15) is 4.52 Å². The van der Waals surface area contributed by atoms with Crippen LogP contribution >= 0.6 is 22.9 Å². The van der Waals surface area contributed by atoms with Crippen LogP contribution < -0.4 is 5.69 Å². The van der Waals surface area contributed by atoms with Gasteiger partial charge in [0.25, 0.3) is 0 Å². The fourth-order valence-corrected chi connectivity index (χ4v) is 5.05. The van der Waals surface area contributed by atoms with Gasteiger partial charge in [-0.05, 0) is 49.2 Å². The molecule has 0 unspecified atom stereocenters. The van der Waals surface area contributed by atoms with Gasteiger partial charge >= 0.3 is 5.69 Å². The Kier molecular flexibility index (Phi) is 5.15. The minimum Gasteiger partial charge on any atom is -0.292 e. The monoisotopic (exact) mass is 462 g/mol. The lowest BCUT2D eigenvalue weighted by atomic mass is 10.1. The summed E-state index contributed by atoms with van der Waals surface area (Å²) in [6, 6.07) is 16.6. The summed E-state index contributed by atoms with van der Waals surface area (Å²) < 4.78 is 2.83. The number of carbonyl (C=O) groups excluding carboxylic acids is 1. The average molecular weight is 463 g/mol. The first-order valence-electron chi connectivity index (χ1n) is 10.1. The van der Waals surface area contributed by atoms with Gasteiger partial charge in [0.2, 0.25) is 0 Å². The SMILES string of the molecule is Cc1sc2c(c1C)c1nc(Cc3ccccc3)nn1c(=O)n2CC(=O)c1ccc(Cl)cc1. The number of benzene rings is 2. The molecule has 2 aromatic carbocycles. The largest absolute Gasteiger partial charge is 0.352 e. The minimum absolute atomic E-state index is 0.0832. The normalized spacial score (nSPS) is 11.5. The van der Waals surface area contributed by atoms with Crippen molar-refractivity contribution < 1.29 is 4.79 Å². The van der Waals surface area contributed by atoms with Crippen LogP contribution in [-0.2, 0) is 13.0 Å². The molecule has 0 bridgehead atoms. The van der Waals surface area contributed by atoms with Crippen molar-refractivity contribution >= 4 is 44.6 Å². The van der Waals surface area contributed by atoms with Crippen LogP contribution in [0.25, 0.3) is 15.9 Å². The zero-order valence-corrected chi connectivity index (χ0v) is 19.1. The molecule has 0 aliphatic heterocycles. The molecule has 3 aromatic heterocycles. The Bertz CT molecular complexity index is 1530. The first-order chi connectivity index (χ1) is 15.4. The van der Waals surface area contributed by atoms with Gasteiger partial charge in [0, 0.05) is 21.9 Å². The van der Waals surface area contributed by atoms with Gasteiger partial charge in [-0.3, -0.25) is 9.36 Å². The van der Waals surface area contributed by atoms with Crippen molar-refractivity contribution in [1.29, 1.82) is 0 Å². The summed E-state index contributed by atoms with van der Waals surface area (Å²) >= 11 is 7.44. The third kappa shape index (κ3) is 3.53. The summed E-state index contributed by atoms with van der Waals surface area (Å²) in [5.74, 6) is 0.400. The molecule has 8 heteroatoms. The van der Waals surface area contributed by atoms with E-state index in [0.29, 0.717) is 28.5 Å². The van der Waals surface area contributed by atoms with Crippen molar-refractivity contribution in [3.05, 3.63) is 97.5 Å². The van der Waals surface area contributed by atoms with Gasteiger partial charge in [-0.1, -0.05) is 41.9 Å². The Morgan fingerprint density at radius 1 is 1.06 bits per heavy atom. The lowest BCUT2D eigenvalue weighted by molar-refractivity contribution is 0.0972. The van der Waals surface area contributed by atoms with E-state index in [0.717, 1.165) is 26.2 Å². The molecule has 0 spiro atoms. The molecule has 0 amide bonds. The van der Waals surface area contributed by atoms with E-state index >= 15 is 0 Å². The van der Waals surface area contributed by atoms with Crippen LogP contribution in [0.15, 0.2) is 59.4 Å². The molecular formula is C24H19ClN4O2S. The molecule has 0 saturated heterocycles. The van der Waals surface area contributed by atoms with Gasteiger partial charge < -0.3 is 0 Å². The molecule has 0 atom stereocenters. The second kappa shape index (κ2) is 8.00. The van der Waals surface area contributed by atoms with E-state index in [4.69, 9.17) is 16.6 Å². The Hall–Kier alpha value is -3.29. The van der Waals surface area contributed by atoms with Crippen LogP contribution in [0.4, 0.5) is 0 Å². The summed E-state index contributed by atoms with van der Waals surface area (Å²) in [4.78, 5) is 32.9. The molecule has 160 valence electrons. The van der Waals surface area contributed by atoms with Gasteiger partial charge in [0.15, 0.2) is 17.3 Å². The summed E-state index contributed by atoms with van der Waals surface area (Å²) in [6.45, 7) is 3.93. The number of aromatic nitrogens is 4. The van der Waals surface area contributed by atoms with E-state index in [1.807, 2.05) is 44.2 Å². The highest BCUT2D eigenvalue weighted by molar-refractivity contribution is 7.19. The van der Waals surface area contributed by atoms with E-state index in [1.165, 1.54) is 20.4 Å². The van der Waals surface area contributed by atoms with Crippen LogP contribution in [-0.4, -0.2) is 24.9 Å². The lowest BCUT2D eigenvalue weighted by Crippen LogP contribution is -2.30. The molecule has 0 fully saturated rings. The molecule has 0 aliphatic carbocycles. The quantitative estimate of drug-likeness (QED) is 0.350. The van der Waals surface area contributed by atoms with Crippen LogP contribution in [0.5, 0.6) is 0 Å². The highest BCUT2D eigenvalue weighted by Gasteiger charge is 2.21. The molecule has 32 heavy (non-hydrogen) atoms. The summed E-state index contributed by atoms with van der Waals surface area (Å²) in [7, 11) is 0. The summed E-state index contributed by atoms with van der Waals surface area (Å²) in [5, 5.41) is 5.93. The van der Waals surface area contributed by atoms with Crippen molar-refractivity contribution in [3.63, 3.8) is 0 Å². The molecule has 0 saturated carbocycles. The lowest BCUT2D eigenvalue weighted by Gasteiger charge is -2.08. The van der Waals surface area contributed by atoms with Crippen molar-refractivity contribution in [3.8, 4) is 0 Å². The molecule has 0 aliphatic rings. The minimum atomic E-state index is -0.372. The molecule has 5 rings (SSSR count). The second-order valence-corrected chi connectivity index (χ2v) is 9.33. The number of fused-ring (bicyclic) bond motifs is 3. The van der Waals surface area contributed by atoms with Crippen LogP contribution in [0, 0.1) is 13.8 Å². The molecular weight excluding hydrogens is 444 g/mol. The number of hydrogen-bond acceptors (Lipinski definition) is 5. The predicted molar refractivity (Wildman–Crippen MR) is 127 cm³/mol. The first-order valence-corrected chi connectivity index (χ1v) is 11.3. The van der Waals surface area contributed by atoms with Gasteiger partial charge in [-0.15, -0.1) is 16.4 Å². The Morgan fingerprint density at radius 3 is 2.50 bits per heavy atom.